The number of benzene rings is 2. The van der Waals surface area contributed by atoms with E-state index in [0.717, 1.165) is 38.0 Å². The van der Waals surface area contributed by atoms with Crippen LogP contribution in [0.1, 0.15) is 24.0 Å². The lowest BCUT2D eigenvalue weighted by atomic mass is 10.1. The Morgan fingerprint density at radius 3 is 2.73 bits per heavy atom. The van der Waals surface area contributed by atoms with Crippen LogP contribution in [0.25, 0.3) is 10.9 Å². The molecule has 2 heterocycles. The maximum atomic E-state index is 13.7. The number of hydrogen-bond donors (Lipinski definition) is 0. The second-order valence-electron chi connectivity index (χ2n) is 6.91. The molecule has 1 aliphatic rings. The fraction of sp³-hybridized carbons (Fsp3) is 0.318. The van der Waals surface area contributed by atoms with Crippen molar-refractivity contribution in [3.8, 4) is 0 Å². The average molecular weight is 350 g/mol. The zero-order valence-electron chi connectivity index (χ0n) is 14.8. The van der Waals surface area contributed by atoms with Crippen molar-refractivity contribution in [2.45, 2.75) is 32.1 Å². The highest BCUT2D eigenvalue weighted by Gasteiger charge is 2.20. The van der Waals surface area contributed by atoms with Crippen molar-refractivity contribution in [1.82, 2.24) is 9.88 Å². The molecule has 134 valence electrons. The van der Waals surface area contributed by atoms with Crippen LogP contribution in [0, 0.1) is 5.82 Å². The van der Waals surface area contributed by atoms with E-state index >= 15 is 0 Å². The first-order valence-corrected chi connectivity index (χ1v) is 9.19. The Morgan fingerprint density at radius 2 is 1.88 bits per heavy atom. The summed E-state index contributed by atoms with van der Waals surface area (Å²) in [6.07, 6.45) is 4.02. The average Bonchev–Trinajstić information content (AvgIpc) is 2.68. The molecule has 0 spiro atoms. The van der Waals surface area contributed by atoms with Crippen LogP contribution in [0.4, 0.5) is 4.39 Å². The zero-order chi connectivity index (χ0) is 17.8. The van der Waals surface area contributed by atoms with Gasteiger partial charge in [-0.3, -0.25) is 9.88 Å². The minimum absolute atomic E-state index is 0.185. The van der Waals surface area contributed by atoms with Crippen molar-refractivity contribution in [2.24, 2.45) is 0 Å². The van der Waals surface area contributed by atoms with Crippen molar-refractivity contribution >= 4 is 10.9 Å². The van der Waals surface area contributed by atoms with E-state index < -0.39 is 0 Å². The second kappa shape index (κ2) is 7.94. The van der Waals surface area contributed by atoms with Gasteiger partial charge >= 0.3 is 0 Å². The highest BCUT2D eigenvalue weighted by molar-refractivity contribution is 5.78. The summed E-state index contributed by atoms with van der Waals surface area (Å²) in [6, 6.07) is 17.4. The molecule has 3 nitrogen and oxygen atoms in total. The van der Waals surface area contributed by atoms with Crippen LogP contribution in [0.15, 0.2) is 60.8 Å². The third kappa shape index (κ3) is 4.09. The lowest BCUT2D eigenvalue weighted by Crippen LogP contribution is -2.36. The molecule has 2 aromatic carbocycles. The molecule has 0 bridgehead atoms. The first kappa shape index (κ1) is 17.1. The van der Waals surface area contributed by atoms with Gasteiger partial charge in [-0.25, -0.2) is 4.39 Å². The lowest BCUT2D eigenvalue weighted by Gasteiger charge is -2.32. The van der Waals surface area contributed by atoms with Gasteiger partial charge in [-0.2, -0.15) is 0 Å². The maximum Gasteiger partial charge on any atom is 0.128 e. The van der Waals surface area contributed by atoms with Gasteiger partial charge in [0.1, 0.15) is 5.82 Å². The highest BCUT2D eigenvalue weighted by atomic mass is 19.1. The molecule has 1 saturated heterocycles. The molecule has 0 atom stereocenters. The molecule has 0 N–H and O–H groups in total. The Bertz CT molecular complexity index is 875. The molecule has 0 aliphatic carbocycles. The minimum Gasteiger partial charge on any atom is -0.373 e. The van der Waals surface area contributed by atoms with Gasteiger partial charge in [-0.1, -0.05) is 30.3 Å². The largest absolute Gasteiger partial charge is 0.373 e. The number of ether oxygens (including phenoxy) is 1. The summed E-state index contributed by atoms with van der Waals surface area (Å²) in [7, 11) is 0. The predicted molar refractivity (Wildman–Crippen MR) is 101 cm³/mol. The summed E-state index contributed by atoms with van der Waals surface area (Å²) in [5, 5.41) is 1.19. The molecule has 3 aromatic rings. The van der Waals surface area contributed by atoms with Gasteiger partial charge in [0, 0.05) is 36.8 Å². The molecular weight excluding hydrogens is 327 g/mol. The Morgan fingerprint density at radius 1 is 1.04 bits per heavy atom. The quantitative estimate of drug-likeness (QED) is 0.675. The number of rotatable bonds is 5. The number of hydrogen-bond acceptors (Lipinski definition) is 3. The van der Waals surface area contributed by atoms with E-state index in [2.05, 4.69) is 34.1 Å². The van der Waals surface area contributed by atoms with Crippen molar-refractivity contribution in [3.05, 3.63) is 77.7 Å². The normalized spacial score (nSPS) is 16.2. The summed E-state index contributed by atoms with van der Waals surface area (Å²) in [5.74, 6) is -0.185. The molecular formula is C22H23FN2O. The van der Waals surface area contributed by atoms with E-state index in [0.29, 0.717) is 12.2 Å². The van der Waals surface area contributed by atoms with Crippen LogP contribution < -0.4 is 0 Å². The fourth-order valence-electron chi connectivity index (χ4n) is 3.54. The van der Waals surface area contributed by atoms with Gasteiger partial charge in [0.05, 0.1) is 18.2 Å². The van der Waals surface area contributed by atoms with E-state index in [4.69, 9.17) is 4.74 Å². The summed E-state index contributed by atoms with van der Waals surface area (Å²) in [6.45, 7) is 3.32. The summed E-state index contributed by atoms with van der Waals surface area (Å²) in [4.78, 5) is 6.83. The number of likely N-dealkylation sites (tertiary alicyclic amines) is 1. The van der Waals surface area contributed by atoms with Gasteiger partial charge in [-0.05, 0) is 42.7 Å². The van der Waals surface area contributed by atoms with Crippen molar-refractivity contribution < 1.29 is 9.13 Å². The van der Waals surface area contributed by atoms with Gasteiger partial charge in [-0.15, -0.1) is 0 Å². The van der Waals surface area contributed by atoms with Gasteiger partial charge in [0.2, 0.25) is 0 Å². The Hall–Kier alpha value is -2.30. The molecule has 26 heavy (non-hydrogen) atoms. The Kier molecular flexibility index (Phi) is 5.23. The van der Waals surface area contributed by atoms with Crippen LogP contribution in [0.5, 0.6) is 0 Å². The standard InChI is InChI=1S/C22H23FN2O/c23-21-6-2-1-4-19(21)16-26-20-9-12-25(13-10-20)15-17-7-8-22-18(14-17)5-3-11-24-22/h1-8,11,14,20H,9-10,12-13,15-16H2. The number of nitrogens with zero attached hydrogens (tertiary/aromatic N) is 2. The van der Waals surface area contributed by atoms with Crippen LogP contribution >= 0.6 is 0 Å². The molecule has 4 rings (SSSR count). The number of aromatic nitrogens is 1. The fourth-order valence-corrected chi connectivity index (χ4v) is 3.54. The monoisotopic (exact) mass is 350 g/mol. The molecule has 1 aromatic heterocycles. The smallest absolute Gasteiger partial charge is 0.128 e. The van der Waals surface area contributed by atoms with E-state index in [1.165, 1.54) is 17.0 Å². The molecule has 0 radical (unpaired) electrons. The topological polar surface area (TPSA) is 25.4 Å². The highest BCUT2D eigenvalue weighted by Crippen LogP contribution is 2.20. The minimum atomic E-state index is -0.185. The van der Waals surface area contributed by atoms with E-state index in [1.807, 2.05) is 18.3 Å². The van der Waals surface area contributed by atoms with Gasteiger partial charge in [0.15, 0.2) is 0 Å². The summed E-state index contributed by atoms with van der Waals surface area (Å²) in [5.41, 5.74) is 2.99. The summed E-state index contributed by atoms with van der Waals surface area (Å²) < 4.78 is 19.6. The van der Waals surface area contributed by atoms with Crippen LogP contribution in [0.2, 0.25) is 0 Å². The molecule has 1 aliphatic heterocycles. The Balaban J connectivity index is 1.28. The molecule has 0 saturated carbocycles. The van der Waals surface area contributed by atoms with E-state index in [1.54, 1.807) is 12.1 Å². The first-order valence-electron chi connectivity index (χ1n) is 9.19. The second-order valence-corrected chi connectivity index (χ2v) is 6.91. The zero-order valence-corrected chi connectivity index (χ0v) is 14.8. The molecule has 1 fully saturated rings. The third-order valence-electron chi connectivity index (χ3n) is 5.04. The first-order chi connectivity index (χ1) is 12.8. The van der Waals surface area contributed by atoms with E-state index in [9.17, 15) is 4.39 Å². The van der Waals surface area contributed by atoms with Crippen LogP contribution in [0.3, 0.4) is 0 Å². The number of fused-ring (bicyclic) bond motifs is 1. The van der Waals surface area contributed by atoms with Gasteiger partial charge < -0.3 is 4.74 Å². The van der Waals surface area contributed by atoms with Gasteiger partial charge in [0.25, 0.3) is 0 Å². The van der Waals surface area contributed by atoms with E-state index in [-0.39, 0.29) is 11.9 Å². The SMILES string of the molecule is Fc1ccccc1COC1CCN(Cc2ccc3ncccc3c2)CC1. The predicted octanol–water partition coefficient (Wildman–Crippen LogP) is 4.56. The van der Waals surface area contributed by atoms with Crippen LogP contribution in [-0.2, 0) is 17.9 Å². The third-order valence-corrected chi connectivity index (χ3v) is 5.04. The maximum absolute atomic E-state index is 13.7. The Labute approximate surface area is 153 Å². The molecule has 4 heteroatoms. The lowest BCUT2D eigenvalue weighted by molar-refractivity contribution is -0.00493. The van der Waals surface area contributed by atoms with Crippen molar-refractivity contribution in [2.75, 3.05) is 13.1 Å². The van der Waals surface area contributed by atoms with Crippen molar-refractivity contribution in [3.63, 3.8) is 0 Å². The van der Waals surface area contributed by atoms with Crippen LogP contribution in [-0.4, -0.2) is 29.1 Å². The number of halogens is 1. The summed E-state index contributed by atoms with van der Waals surface area (Å²) >= 11 is 0. The molecule has 0 amide bonds. The van der Waals surface area contributed by atoms with Crippen molar-refractivity contribution in [1.29, 1.82) is 0 Å². The number of piperidine rings is 1. The molecule has 0 unspecified atom stereocenters. The number of pyridine rings is 1.